The maximum atomic E-state index is 12.2. The fourth-order valence-corrected chi connectivity index (χ4v) is 2.94. The van der Waals surface area contributed by atoms with Gasteiger partial charge in [0, 0.05) is 19.9 Å². The Labute approximate surface area is 122 Å². The Bertz CT molecular complexity index is 639. The molecule has 0 aliphatic rings. The lowest BCUT2D eigenvalue weighted by atomic mass is 10.2. The number of hydrogen-bond acceptors (Lipinski definition) is 6. The molecule has 8 nitrogen and oxygen atoms in total. The van der Waals surface area contributed by atoms with Crippen LogP contribution in [0.15, 0.2) is 23.2 Å². The summed E-state index contributed by atoms with van der Waals surface area (Å²) >= 11 is 0. The van der Waals surface area contributed by atoms with Crippen molar-refractivity contribution in [1.29, 1.82) is 5.26 Å². The van der Waals surface area contributed by atoms with E-state index in [-0.39, 0.29) is 17.0 Å². The van der Waals surface area contributed by atoms with Crippen LogP contribution < -0.4 is 4.72 Å². The van der Waals surface area contributed by atoms with Crippen molar-refractivity contribution in [2.24, 2.45) is 0 Å². The Morgan fingerprint density at radius 1 is 1.62 bits per heavy atom. The molecule has 0 aromatic carbocycles. The number of hydrogen-bond donors (Lipinski definition) is 2. The molecule has 9 heteroatoms. The summed E-state index contributed by atoms with van der Waals surface area (Å²) in [7, 11) is -2.67. The molecule has 1 rings (SSSR count). The fraction of sp³-hybridized carbons (Fsp3) is 0.417. The number of pyridine rings is 1. The van der Waals surface area contributed by atoms with Crippen LogP contribution >= 0.6 is 0 Å². The SMILES string of the molecule is COCCCC(NS(=O)(=O)c1cccnc1C#N)C(=O)O. The van der Waals surface area contributed by atoms with E-state index in [2.05, 4.69) is 9.71 Å². The fourth-order valence-electron chi connectivity index (χ4n) is 1.61. The first-order chi connectivity index (χ1) is 9.92. The third kappa shape index (κ3) is 4.78. The van der Waals surface area contributed by atoms with E-state index >= 15 is 0 Å². The number of aromatic nitrogens is 1. The molecule has 0 bridgehead atoms. The van der Waals surface area contributed by atoms with Crippen LogP contribution in [0.25, 0.3) is 0 Å². The normalized spacial score (nSPS) is 12.6. The van der Waals surface area contributed by atoms with Crippen LogP contribution in [0, 0.1) is 11.3 Å². The van der Waals surface area contributed by atoms with Crippen LogP contribution in [0.3, 0.4) is 0 Å². The van der Waals surface area contributed by atoms with Gasteiger partial charge in [-0.15, -0.1) is 0 Å². The van der Waals surface area contributed by atoms with E-state index in [0.717, 1.165) is 0 Å². The van der Waals surface area contributed by atoms with Crippen molar-refractivity contribution >= 4 is 16.0 Å². The molecular formula is C12H15N3O5S. The quantitative estimate of drug-likeness (QED) is 0.651. The molecule has 1 atom stereocenters. The first-order valence-electron chi connectivity index (χ1n) is 6.01. The number of carbonyl (C=O) groups is 1. The lowest BCUT2D eigenvalue weighted by Gasteiger charge is -2.14. The molecule has 1 unspecified atom stereocenters. The highest BCUT2D eigenvalue weighted by molar-refractivity contribution is 7.89. The average molecular weight is 313 g/mol. The molecule has 1 aromatic rings. The largest absolute Gasteiger partial charge is 0.480 e. The van der Waals surface area contributed by atoms with Crippen molar-refractivity contribution in [2.75, 3.05) is 13.7 Å². The summed E-state index contributed by atoms with van der Waals surface area (Å²) in [5.41, 5.74) is -0.286. The van der Waals surface area contributed by atoms with Crippen molar-refractivity contribution in [2.45, 2.75) is 23.8 Å². The van der Waals surface area contributed by atoms with E-state index in [4.69, 9.17) is 15.1 Å². The zero-order valence-corrected chi connectivity index (χ0v) is 12.1. The predicted octanol–water partition coefficient (Wildman–Crippen LogP) is 0.111. The van der Waals surface area contributed by atoms with E-state index in [1.807, 2.05) is 0 Å². The maximum absolute atomic E-state index is 12.2. The first kappa shape index (κ1) is 17.0. The molecule has 0 amide bonds. The van der Waals surface area contributed by atoms with Gasteiger partial charge in [0.05, 0.1) is 0 Å². The predicted molar refractivity (Wildman–Crippen MR) is 71.8 cm³/mol. The minimum absolute atomic E-state index is 0.0740. The van der Waals surface area contributed by atoms with E-state index in [1.165, 1.54) is 25.4 Å². The highest BCUT2D eigenvalue weighted by atomic mass is 32.2. The van der Waals surface area contributed by atoms with Gasteiger partial charge in [0.15, 0.2) is 5.69 Å². The molecular weight excluding hydrogens is 298 g/mol. The first-order valence-corrected chi connectivity index (χ1v) is 7.50. The molecule has 0 radical (unpaired) electrons. The molecule has 0 saturated heterocycles. The number of carboxylic acid groups (broad SMARTS) is 1. The Morgan fingerprint density at radius 3 is 2.90 bits per heavy atom. The van der Waals surface area contributed by atoms with Crippen molar-refractivity contribution in [3.8, 4) is 6.07 Å². The zero-order valence-electron chi connectivity index (χ0n) is 11.3. The second-order valence-electron chi connectivity index (χ2n) is 4.11. The maximum Gasteiger partial charge on any atom is 0.321 e. The van der Waals surface area contributed by atoms with Crippen LogP contribution in [0.2, 0.25) is 0 Å². The molecule has 0 aliphatic heterocycles. The minimum atomic E-state index is -4.14. The summed E-state index contributed by atoms with van der Waals surface area (Å²) in [4.78, 5) is 14.4. The van der Waals surface area contributed by atoms with Gasteiger partial charge >= 0.3 is 5.97 Å². The van der Waals surface area contributed by atoms with E-state index in [0.29, 0.717) is 13.0 Å². The monoisotopic (exact) mass is 313 g/mol. The number of ether oxygens (including phenoxy) is 1. The van der Waals surface area contributed by atoms with Gasteiger partial charge in [0.1, 0.15) is 17.0 Å². The van der Waals surface area contributed by atoms with Crippen LogP contribution in [0.1, 0.15) is 18.5 Å². The summed E-state index contributed by atoms with van der Waals surface area (Å²) in [6, 6.07) is 2.92. The molecule has 21 heavy (non-hydrogen) atoms. The lowest BCUT2D eigenvalue weighted by Crippen LogP contribution is -2.41. The standard InChI is InChI=1S/C12H15N3O5S/c1-20-7-3-4-9(12(16)17)15-21(18,19)11-5-2-6-14-10(11)8-13/h2,5-6,9,15H,3-4,7H2,1H3,(H,16,17). The molecule has 1 heterocycles. The Balaban J connectivity index is 2.96. The molecule has 0 saturated carbocycles. The van der Waals surface area contributed by atoms with Crippen LogP contribution in [-0.4, -0.2) is 44.2 Å². The summed E-state index contributed by atoms with van der Waals surface area (Å²) in [6.07, 6.45) is 1.74. The molecule has 0 spiro atoms. The van der Waals surface area contributed by atoms with Gasteiger partial charge in [0.25, 0.3) is 0 Å². The number of carboxylic acids is 1. The highest BCUT2D eigenvalue weighted by Crippen LogP contribution is 2.13. The molecule has 2 N–H and O–H groups in total. The van der Waals surface area contributed by atoms with Crippen LogP contribution in [-0.2, 0) is 19.6 Å². The highest BCUT2D eigenvalue weighted by Gasteiger charge is 2.27. The second kappa shape index (κ2) is 7.68. The van der Waals surface area contributed by atoms with E-state index < -0.39 is 22.0 Å². The number of nitrogens with one attached hydrogen (secondary N) is 1. The van der Waals surface area contributed by atoms with Crippen molar-refractivity contribution in [1.82, 2.24) is 9.71 Å². The topological polar surface area (TPSA) is 129 Å². The van der Waals surface area contributed by atoms with Gasteiger partial charge in [-0.05, 0) is 25.0 Å². The van der Waals surface area contributed by atoms with Crippen LogP contribution in [0.4, 0.5) is 0 Å². The summed E-state index contributed by atoms with van der Waals surface area (Å²) in [6.45, 7) is 0.321. The van der Waals surface area contributed by atoms with Crippen molar-refractivity contribution in [3.05, 3.63) is 24.0 Å². The van der Waals surface area contributed by atoms with Gasteiger partial charge in [0.2, 0.25) is 10.0 Å². The molecule has 114 valence electrons. The lowest BCUT2D eigenvalue weighted by molar-refractivity contribution is -0.139. The summed E-state index contributed by atoms with van der Waals surface area (Å²) < 4.78 is 31.2. The van der Waals surface area contributed by atoms with E-state index in [1.54, 1.807) is 6.07 Å². The van der Waals surface area contributed by atoms with Gasteiger partial charge in [-0.25, -0.2) is 13.4 Å². The second-order valence-corrected chi connectivity index (χ2v) is 5.79. The Morgan fingerprint density at radius 2 is 2.33 bits per heavy atom. The Kier molecular flexibility index (Phi) is 6.23. The smallest absolute Gasteiger partial charge is 0.321 e. The van der Waals surface area contributed by atoms with Crippen LogP contribution in [0.5, 0.6) is 0 Å². The minimum Gasteiger partial charge on any atom is -0.480 e. The summed E-state index contributed by atoms with van der Waals surface area (Å²) in [5, 5.41) is 17.9. The van der Waals surface area contributed by atoms with Gasteiger partial charge in [-0.1, -0.05) is 0 Å². The number of rotatable bonds is 8. The van der Waals surface area contributed by atoms with Gasteiger partial charge in [-0.3, -0.25) is 4.79 Å². The number of nitriles is 1. The average Bonchev–Trinajstić information content (AvgIpc) is 2.46. The molecule has 0 aliphatic carbocycles. The molecule has 1 aromatic heterocycles. The summed E-state index contributed by atoms with van der Waals surface area (Å²) in [5.74, 6) is -1.29. The molecule has 0 fully saturated rings. The number of sulfonamides is 1. The van der Waals surface area contributed by atoms with Crippen molar-refractivity contribution < 1.29 is 23.1 Å². The van der Waals surface area contributed by atoms with E-state index in [9.17, 15) is 13.2 Å². The Hall–Kier alpha value is -2.02. The zero-order chi connectivity index (χ0) is 15.9. The van der Waals surface area contributed by atoms with Gasteiger partial charge in [-0.2, -0.15) is 9.98 Å². The third-order valence-corrected chi connectivity index (χ3v) is 4.11. The number of methoxy groups -OCH3 is 1. The van der Waals surface area contributed by atoms with Crippen molar-refractivity contribution in [3.63, 3.8) is 0 Å². The number of aliphatic carboxylic acids is 1. The van der Waals surface area contributed by atoms with Gasteiger partial charge < -0.3 is 9.84 Å². The third-order valence-electron chi connectivity index (χ3n) is 2.60. The number of nitrogens with zero attached hydrogens (tertiary/aromatic N) is 2.